The molecule has 1 aromatic heterocycles. The van der Waals surface area contributed by atoms with Crippen molar-refractivity contribution in [1.82, 2.24) is 4.98 Å². The van der Waals surface area contributed by atoms with Gasteiger partial charge in [-0.3, -0.25) is 9.98 Å². The van der Waals surface area contributed by atoms with E-state index in [2.05, 4.69) is 43.4 Å². The van der Waals surface area contributed by atoms with Gasteiger partial charge in [-0.1, -0.05) is 39.0 Å². The fraction of sp³-hybridized carbons (Fsp3) is 0.368. The van der Waals surface area contributed by atoms with Crippen LogP contribution in [0.1, 0.15) is 56.4 Å². The maximum Gasteiger partial charge on any atom is 0.0918 e. The summed E-state index contributed by atoms with van der Waals surface area (Å²) in [6.45, 7) is 12.4. The SMILES string of the molecule is C=C/C=C(/N=C\C=C/C)c1nccc(C(C)CCC)c1C. The van der Waals surface area contributed by atoms with Gasteiger partial charge < -0.3 is 0 Å². The summed E-state index contributed by atoms with van der Waals surface area (Å²) in [5, 5.41) is 0. The number of allylic oxidation sites excluding steroid dienone is 4. The summed E-state index contributed by atoms with van der Waals surface area (Å²) in [7, 11) is 0. The Kier molecular flexibility index (Phi) is 7.38. The van der Waals surface area contributed by atoms with E-state index in [1.54, 1.807) is 12.3 Å². The van der Waals surface area contributed by atoms with Gasteiger partial charge in [0.05, 0.1) is 11.4 Å². The van der Waals surface area contributed by atoms with Gasteiger partial charge in [-0.05, 0) is 55.5 Å². The molecule has 1 rings (SSSR count). The molecule has 0 radical (unpaired) electrons. The highest BCUT2D eigenvalue weighted by Gasteiger charge is 2.13. The summed E-state index contributed by atoms with van der Waals surface area (Å²) >= 11 is 0. The molecule has 2 heteroatoms. The Balaban J connectivity index is 3.24. The molecule has 0 N–H and O–H groups in total. The Morgan fingerprint density at radius 3 is 2.86 bits per heavy atom. The minimum Gasteiger partial charge on any atom is -0.255 e. The minimum atomic E-state index is 0.543. The molecular formula is C19H26N2. The third-order valence-electron chi connectivity index (χ3n) is 3.51. The predicted molar refractivity (Wildman–Crippen MR) is 93.8 cm³/mol. The molecule has 1 heterocycles. The normalized spacial score (nSPS) is 14.0. The molecule has 21 heavy (non-hydrogen) atoms. The average molecular weight is 282 g/mol. The first-order chi connectivity index (χ1) is 10.2. The van der Waals surface area contributed by atoms with Crippen molar-refractivity contribution < 1.29 is 0 Å². The Bertz CT molecular complexity index is 551. The van der Waals surface area contributed by atoms with E-state index in [0.717, 1.165) is 11.4 Å². The summed E-state index contributed by atoms with van der Waals surface area (Å²) in [5.41, 5.74) is 4.37. The zero-order valence-electron chi connectivity index (χ0n) is 13.6. The number of hydrogen-bond acceptors (Lipinski definition) is 2. The Hall–Kier alpha value is -1.96. The highest BCUT2D eigenvalue weighted by Crippen LogP contribution is 2.28. The highest BCUT2D eigenvalue weighted by atomic mass is 14.8. The molecule has 0 aliphatic carbocycles. The third kappa shape index (κ3) is 4.82. The van der Waals surface area contributed by atoms with Crippen LogP contribution >= 0.6 is 0 Å². The van der Waals surface area contributed by atoms with E-state index >= 15 is 0 Å². The van der Waals surface area contributed by atoms with Crippen LogP contribution in [0.15, 0.2) is 48.1 Å². The van der Waals surface area contributed by atoms with Crippen molar-refractivity contribution in [2.75, 3.05) is 0 Å². The van der Waals surface area contributed by atoms with E-state index in [1.807, 2.05) is 31.3 Å². The van der Waals surface area contributed by atoms with E-state index < -0.39 is 0 Å². The van der Waals surface area contributed by atoms with Crippen molar-refractivity contribution in [3.63, 3.8) is 0 Å². The van der Waals surface area contributed by atoms with Crippen LogP contribution in [0.2, 0.25) is 0 Å². The molecule has 0 amide bonds. The molecule has 112 valence electrons. The number of aliphatic imine (C=N–C) groups is 1. The van der Waals surface area contributed by atoms with Crippen LogP contribution in [0.5, 0.6) is 0 Å². The lowest BCUT2D eigenvalue weighted by molar-refractivity contribution is 0.660. The summed E-state index contributed by atoms with van der Waals surface area (Å²) in [6, 6.07) is 2.13. The monoisotopic (exact) mass is 282 g/mol. The molecule has 0 bridgehead atoms. The largest absolute Gasteiger partial charge is 0.255 e. The van der Waals surface area contributed by atoms with Crippen LogP contribution in [0.25, 0.3) is 5.70 Å². The maximum atomic E-state index is 4.53. The first-order valence-electron chi connectivity index (χ1n) is 7.59. The van der Waals surface area contributed by atoms with Gasteiger partial charge in [-0.15, -0.1) is 0 Å². The van der Waals surface area contributed by atoms with Gasteiger partial charge >= 0.3 is 0 Å². The van der Waals surface area contributed by atoms with E-state index in [1.165, 1.54) is 24.0 Å². The lowest BCUT2D eigenvalue weighted by Crippen LogP contribution is -2.01. The molecule has 0 aliphatic rings. The van der Waals surface area contributed by atoms with Gasteiger partial charge in [-0.25, -0.2) is 0 Å². The van der Waals surface area contributed by atoms with Crippen molar-refractivity contribution in [2.45, 2.75) is 46.5 Å². The Labute approximate surface area is 129 Å². The van der Waals surface area contributed by atoms with Crippen LogP contribution in [0.4, 0.5) is 0 Å². The first-order valence-corrected chi connectivity index (χ1v) is 7.59. The number of hydrogen-bond donors (Lipinski definition) is 0. The van der Waals surface area contributed by atoms with Gasteiger partial charge in [0.2, 0.25) is 0 Å². The minimum absolute atomic E-state index is 0.543. The Morgan fingerprint density at radius 2 is 2.24 bits per heavy atom. The van der Waals surface area contributed by atoms with Gasteiger partial charge in [0.25, 0.3) is 0 Å². The van der Waals surface area contributed by atoms with E-state index in [-0.39, 0.29) is 0 Å². The molecule has 0 saturated heterocycles. The predicted octanol–water partition coefficient (Wildman–Crippen LogP) is 5.47. The van der Waals surface area contributed by atoms with Crippen molar-refractivity contribution in [3.05, 3.63) is 60.0 Å². The summed E-state index contributed by atoms with van der Waals surface area (Å²) in [6.07, 6.45) is 13.6. The zero-order chi connectivity index (χ0) is 15.7. The topological polar surface area (TPSA) is 25.2 Å². The fourth-order valence-electron chi connectivity index (χ4n) is 2.44. The van der Waals surface area contributed by atoms with E-state index in [0.29, 0.717) is 5.92 Å². The van der Waals surface area contributed by atoms with Crippen LogP contribution in [0, 0.1) is 6.92 Å². The van der Waals surface area contributed by atoms with E-state index in [9.17, 15) is 0 Å². The molecule has 1 aromatic rings. The summed E-state index contributed by atoms with van der Waals surface area (Å²) < 4.78 is 0. The standard InChI is InChI=1S/C19H26N2/c1-6-9-13-20-18(11-8-3)19-16(5)17(12-14-21-19)15(4)10-7-2/h6,8-9,11-15H,3,7,10H2,1-2,4-5H3/b9-6-,18-11+,20-13-. The quantitative estimate of drug-likeness (QED) is 0.481. The smallest absolute Gasteiger partial charge is 0.0918 e. The maximum absolute atomic E-state index is 4.53. The molecule has 0 aromatic carbocycles. The number of aromatic nitrogens is 1. The van der Waals surface area contributed by atoms with Crippen molar-refractivity contribution >= 4 is 11.9 Å². The van der Waals surface area contributed by atoms with Gasteiger partial charge in [-0.2, -0.15) is 0 Å². The van der Waals surface area contributed by atoms with Crippen LogP contribution in [-0.2, 0) is 0 Å². The molecule has 0 fully saturated rings. The number of pyridine rings is 1. The molecule has 1 unspecified atom stereocenters. The Morgan fingerprint density at radius 1 is 1.48 bits per heavy atom. The average Bonchev–Trinajstić information content (AvgIpc) is 2.47. The zero-order valence-corrected chi connectivity index (χ0v) is 13.6. The second kappa shape index (κ2) is 9.06. The number of nitrogens with zero attached hydrogens (tertiary/aromatic N) is 2. The second-order valence-corrected chi connectivity index (χ2v) is 5.16. The fourth-order valence-corrected chi connectivity index (χ4v) is 2.44. The van der Waals surface area contributed by atoms with Crippen molar-refractivity contribution in [3.8, 4) is 0 Å². The molecule has 0 spiro atoms. The number of rotatable bonds is 7. The molecule has 2 nitrogen and oxygen atoms in total. The van der Waals surface area contributed by atoms with Gasteiger partial charge in [0, 0.05) is 12.4 Å². The summed E-state index contributed by atoms with van der Waals surface area (Å²) in [5.74, 6) is 0.543. The van der Waals surface area contributed by atoms with Crippen LogP contribution < -0.4 is 0 Å². The van der Waals surface area contributed by atoms with Crippen LogP contribution in [0.3, 0.4) is 0 Å². The second-order valence-electron chi connectivity index (χ2n) is 5.16. The van der Waals surface area contributed by atoms with Gasteiger partial charge in [0.15, 0.2) is 0 Å². The van der Waals surface area contributed by atoms with Crippen LogP contribution in [-0.4, -0.2) is 11.2 Å². The van der Waals surface area contributed by atoms with Gasteiger partial charge in [0.1, 0.15) is 0 Å². The molecule has 0 aliphatic heterocycles. The van der Waals surface area contributed by atoms with E-state index in [4.69, 9.17) is 0 Å². The highest BCUT2D eigenvalue weighted by molar-refractivity contribution is 5.80. The molecule has 0 saturated carbocycles. The van der Waals surface area contributed by atoms with Crippen molar-refractivity contribution in [2.24, 2.45) is 4.99 Å². The lowest BCUT2D eigenvalue weighted by Gasteiger charge is -2.16. The lowest BCUT2D eigenvalue weighted by atomic mass is 9.92. The third-order valence-corrected chi connectivity index (χ3v) is 3.51. The summed E-state index contributed by atoms with van der Waals surface area (Å²) in [4.78, 5) is 9.02. The first kappa shape index (κ1) is 17.1. The molecule has 1 atom stereocenters. The van der Waals surface area contributed by atoms with Crippen molar-refractivity contribution in [1.29, 1.82) is 0 Å². The molecular weight excluding hydrogens is 256 g/mol.